The van der Waals surface area contributed by atoms with Gasteiger partial charge in [0.15, 0.2) is 0 Å². The standard InChI is InChI=1S/C14H25N3O3/c1-14(2,3)13-16-11(15)10-12(17-13)20-9-8-19-7-5-6-18-4/h10H,5-9H2,1-4H3,(H2,15,16,17). The molecule has 1 heterocycles. The van der Waals surface area contributed by atoms with E-state index in [0.29, 0.717) is 43.9 Å². The fraction of sp³-hybridized carbons (Fsp3) is 0.714. The first-order chi connectivity index (χ1) is 9.43. The van der Waals surface area contributed by atoms with Crippen LogP contribution in [-0.4, -0.2) is 43.5 Å². The van der Waals surface area contributed by atoms with Gasteiger partial charge in [0.25, 0.3) is 0 Å². The topological polar surface area (TPSA) is 79.5 Å². The minimum absolute atomic E-state index is 0.163. The van der Waals surface area contributed by atoms with Gasteiger partial charge >= 0.3 is 0 Å². The molecule has 2 N–H and O–H groups in total. The Labute approximate surface area is 120 Å². The number of ether oxygens (including phenoxy) is 3. The lowest BCUT2D eigenvalue weighted by Crippen LogP contribution is -2.18. The summed E-state index contributed by atoms with van der Waals surface area (Å²) in [7, 11) is 1.68. The minimum atomic E-state index is -0.163. The van der Waals surface area contributed by atoms with E-state index < -0.39 is 0 Å². The van der Waals surface area contributed by atoms with Crippen molar-refractivity contribution in [3.8, 4) is 5.88 Å². The molecular formula is C14H25N3O3. The van der Waals surface area contributed by atoms with Crippen LogP contribution < -0.4 is 10.5 Å². The van der Waals surface area contributed by atoms with Gasteiger partial charge in [-0.1, -0.05) is 20.8 Å². The smallest absolute Gasteiger partial charge is 0.218 e. The number of methoxy groups -OCH3 is 1. The lowest BCUT2D eigenvalue weighted by atomic mass is 9.96. The summed E-state index contributed by atoms with van der Waals surface area (Å²) in [6.07, 6.45) is 0.880. The number of hydrogen-bond acceptors (Lipinski definition) is 6. The van der Waals surface area contributed by atoms with Crippen molar-refractivity contribution in [1.29, 1.82) is 0 Å². The minimum Gasteiger partial charge on any atom is -0.475 e. The van der Waals surface area contributed by atoms with E-state index in [2.05, 4.69) is 9.97 Å². The molecule has 1 rings (SSSR count). The second kappa shape index (κ2) is 8.01. The number of rotatable bonds is 8. The normalized spacial score (nSPS) is 11.6. The maximum Gasteiger partial charge on any atom is 0.218 e. The molecule has 0 saturated carbocycles. The first-order valence-corrected chi connectivity index (χ1v) is 6.78. The summed E-state index contributed by atoms with van der Waals surface area (Å²) in [6.45, 7) is 8.42. The molecular weight excluding hydrogens is 258 g/mol. The van der Waals surface area contributed by atoms with Crippen molar-refractivity contribution in [3.05, 3.63) is 11.9 Å². The van der Waals surface area contributed by atoms with Crippen molar-refractivity contribution in [2.24, 2.45) is 0 Å². The van der Waals surface area contributed by atoms with Crippen molar-refractivity contribution in [1.82, 2.24) is 9.97 Å². The maximum absolute atomic E-state index is 5.77. The first kappa shape index (κ1) is 16.7. The van der Waals surface area contributed by atoms with Gasteiger partial charge in [-0.05, 0) is 6.42 Å². The molecule has 6 heteroatoms. The molecule has 0 bridgehead atoms. The van der Waals surface area contributed by atoms with Gasteiger partial charge in [0, 0.05) is 31.8 Å². The molecule has 0 unspecified atom stereocenters. The van der Waals surface area contributed by atoms with Crippen LogP contribution in [0, 0.1) is 0 Å². The monoisotopic (exact) mass is 283 g/mol. The van der Waals surface area contributed by atoms with E-state index in [1.165, 1.54) is 0 Å². The summed E-state index contributed by atoms with van der Waals surface area (Å²) in [6, 6.07) is 1.63. The van der Waals surface area contributed by atoms with Gasteiger partial charge in [-0.25, -0.2) is 4.98 Å². The quantitative estimate of drug-likeness (QED) is 0.733. The van der Waals surface area contributed by atoms with Gasteiger partial charge in [-0.2, -0.15) is 4.98 Å². The Morgan fingerprint density at radius 1 is 1.10 bits per heavy atom. The van der Waals surface area contributed by atoms with E-state index in [9.17, 15) is 0 Å². The third-order valence-electron chi connectivity index (χ3n) is 2.51. The van der Waals surface area contributed by atoms with Crippen LogP contribution in [0.2, 0.25) is 0 Å². The van der Waals surface area contributed by atoms with Crippen LogP contribution in [0.1, 0.15) is 33.0 Å². The Hall–Kier alpha value is -1.40. The molecule has 0 amide bonds. The molecule has 0 atom stereocenters. The molecule has 0 radical (unpaired) electrons. The average molecular weight is 283 g/mol. The summed E-state index contributed by atoms with van der Waals surface area (Å²) >= 11 is 0. The SMILES string of the molecule is COCCCOCCOc1cc(N)nc(C(C)(C)C)n1. The van der Waals surface area contributed by atoms with E-state index in [0.717, 1.165) is 6.42 Å². The Bertz CT molecular complexity index is 405. The molecule has 0 aliphatic rings. The van der Waals surface area contributed by atoms with Crippen LogP contribution in [0.4, 0.5) is 5.82 Å². The molecule has 0 aliphatic heterocycles. The van der Waals surface area contributed by atoms with E-state index in [1.54, 1.807) is 13.2 Å². The van der Waals surface area contributed by atoms with E-state index in [-0.39, 0.29) is 5.41 Å². The predicted molar refractivity (Wildman–Crippen MR) is 78.0 cm³/mol. The van der Waals surface area contributed by atoms with Crippen LogP contribution in [0.25, 0.3) is 0 Å². The molecule has 0 aromatic carbocycles. The van der Waals surface area contributed by atoms with Gasteiger partial charge in [-0.15, -0.1) is 0 Å². The van der Waals surface area contributed by atoms with Crippen LogP contribution in [0.3, 0.4) is 0 Å². The number of hydrogen-bond donors (Lipinski definition) is 1. The molecule has 114 valence electrons. The zero-order valence-corrected chi connectivity index (χ0v) is 12.8. The number of nitrogens with zero attached hydrogens (tertiary/aromatic N) is 2. The number of aromatic nitrogens is 2. The summed E-state index contributed by atoms with van der Waals surface area (Å²) in [4.78, 5) is 8.59. The molecule has 1 aromatic heterocycles. The van der Waals surface area contributed by atoms with Gasteiger partial charge < -0.3 is 19.9 Å². The molecule has 0 spiro atoms. The fourth-order valence-electron chi connectivity index (χ4n) is 1.46. The third kappa shape index (κ3) is 6.16. The van der Waals surface area contributed by atoms with Crippen molar-refractivity contribution in [2.45, 2.75) is 32.6 Å². The third-order valence-corrected chi connectivity index (χ3v) is 2.51. The second-order valence-electron chi connectivity index (χ2n) is 5.51. The average Bonchev–Trinajstić information content (AvgIpc) is 2.36. The van der Waals surface area contributed by atoms with Crippen molar-refractivity contribution in [3.63, 3.8) is 0 Å². The number of nitrogens with two attached hydrogens (primary N) is 1. The fourth-order valence-corrected chi connectivity index (χ4v) is 1.46. The molecule has 0 aliphatic carbocycles. The summed E-state index contributed by atoms with van der Waals surface area (Å²) in [5.74, 6) is 1.58. The van der Waals surface area contributed by atoms with Crippen LogP contribution >= 0.6 is 0 Å². The molecule has 6 nitrogen and oxygen atoms in total. The predicted octanol–water partition coefficient (Wildman–Crippen LogP) is 1.79. The largest absolute Gasteiger partial charge is 0.475 e. The molecule has 1 aromatic rings. The van der Waals surface area contributed by atoms with Gasteiger partial charge in [0.05, 0.1) is 6.61 Å². The zero-order valence-electron chi connectivity index (χ0n) is 12.8. The van der Waals surface area contributed by atoms with Crippen LogP contribution in [-0.2, 0) is 14.9 Å². The van der Waals surface area contributed by atoms with Crippen molar-refractivity contribution in [2.75, 3.05) is 39.3 Å². The van der Waals surface area contributed by atoms with E-state index in [4.69, 9.17) is 19.9 Å². The molecule has 0 fully saturated rings. The number of nitrogen functional groups attached to an aromatic ring is 1. The Morgan fingerprint density at radius 3 is 2.50 bits per heavy atom. The van der Waals surface area contributed by atoms with Gasteiger partial charge in [0.1, 0.15) is 18.2 Å². The highest BCUT2D eigenvalue weighted by Crippen LogP contribution is 2.21. The Morgan fingerprint density at radius 2 is 1.85 bits per heavy atom. The summed E-state index contributed by atoms with van der Waals surface area (Å²) in [5.41, 5.74) is 5.60. The molecule has 0 saturated heterocycles. The maximum atomic E-state index is 5.77. The van der Waals surface area contributed by atoms with Gasteiger partial charge in [0.2, 0.25) is 5.88 Å². The Balaban J connectivity index is 2.39. The Kier molecular flexibility index (Phi) is 6.67. The second-order valence-corrected chi connectivity index (χ2v) is 5.51. The lowest BCUT2D eigenvalue weighted by molar-refractivity contribution is 0.0794. The molecule has 20 heavy (non-hydrogen) atoms. The van der Waals surface area contributed by atoms with Crippen molar-refractivity contribution >= 4 is 5.82 Å². The lowest BCUT2D eigenvalue weighted by Gasteiger charge is -2.17. The first-order valence-electron chi connectivity index (χ1n) is 6.78. The zero-order chi connectivity index (χ0) is 15.0. The highest BCUT2D eigenvalue weighted by molar-refractivity contribution is 5.34. The summed E-state index contributed by atoms with van der Waals surface area (Å²) in [5, 5.41) is 0. The van der Waals surface area contributed by atoms with Crippen LogP contribution in [0.5, 0.6) is 5.88 Å². The van der Waals surface area contributed by atoms with E-state index >= 15 is 0 Å². The highest BCUT2D eigenvalue weighted by Gasteiger charge is 2.19. The highest BCUT2D eigenvalue weighted by atomic mass is 16.5. The van der Waals surface area contributed by atoms with Crippen LogP contribution in [0.15, 0.2) is 6.07 Å². The number of anilines is 1. The van der Waals surface area contributed by atoms with Crippen molar-refractivity contribution < 1.29 is 14.2 Å². The summed E-state index contributed by atoms with van der Waals surface area (Å²) < 4.78 is 15.9. The van der Waals surface area contributed by atoms with E-state index in [1.807, 2.05) is 20.8 Å². The van der Waals surface area contributed by atoms with Gasteiger partial charge in [-0.3, -0.25) is 0 Å².